The summed E-state index contributed by atoms with van der Waals surface area (Å²) in [6.07, 6.45) is 2.30. The lowest BCUT2D eigenvalue weighted by atomic mass is 9.42. The molecule has 15 rings (SSSR count). The zero-order chi connectivity index (χ0) is 58.0. The SMILES string of the molecule is CC(C)(C)c1ccc(N(c2ccc(C(C)(C)C)cc2)c2cc3c4c(c2)N2c5ccccc5C(c5ccccc5)(c5ccccc5)c5cccc(c52)B4N(c2ccc4c(c2)C(C)(C)CCC4(C)C)c2c-3ccc3c2C(C)(C)c2ccccc2-3)cc1. The normalized spacial score (nSPS) is 16.8. The molecular weight excluding hydrogens is 1010 g/mol. The van der Waals surface area contributed by atoms with Crippen LogP contribution in [0.25, 0.3) is 22.3 Å². The molecule has 0 amide bonds. The minimum atomic E-state index is -0.655. The van der Waals surface area contributed by atoms with Gasteiger partial charge in [-0.1, -0.05) is 247 Å². The minimum absolute atomic E-state index is 0.00250. The lowest BCUT2D eigenvalue weighted by molar-refractivity contribution is 0.332. The van der Waals surface area contributed by atoms with Crippen molar-refractivity contribution in [2.24, 2.45) is 0 Å². The van der Waals surface area contributed by atoms with Crippen LogP contribution in [0.5, 0.6) is 0 Å². The molecule has 414 valence electrons. The van der Waals surface area contributed by atoms with E-state index in [-0.39, 0.29) is 33.9 Å². The Kier molecular flexibility index (Phi) is 11.3. The molecule has 0 bridgehead atoms. The van der Waals surface area contributed by atoms with Crippen LogP contribution in [-0.4, -0.2) is 6.85 Å². The van der Waals surface area contributed by atoms with E-state index in [1.165, 1.54) is 117 Å². The smallest absolute Gasteiger partial charge is 0.333 e. The van der Waals surface area contributed by atoms with E-state index in [2.05, 4.69) is 316 Å². The third-order valence-corrected chi connectivity index (χ3v) is 20.4. The molecule has 3 heterocycles. The average molecular weight is 1090 g/mol. The number of benzene rings is 10. The maximum atomic E-state index is 2.85. The van der Waals surface area contributed by atoms with Gasteiger partial charge < -0.3 is 14.6 Å². The summed E-state index contributed by atoms with van der Waals surface area (Å²) in [6.45, 7) is 28.5. The number of hydrogen-bond donors (Lipinski definition) is 0. The van der Waals surface area contributed by atoms with Crippen LogP contribution in [0, 0.1) is 0 Å². The molecule has 5 aliphatic rings. The van der Waals surface area contributed by atoms with Gasteiger partial charge in [-0.3, -0.25) is 0 Å². The number of fused-ring (bicyclic) bond motifs is 11. The van der Waals surface area contributed by atoms with Crippen molar-refractivity contribution in [1.29, 1.82) is 0 Å². The van der Waals surface area contributed by atoms with Crippen molar-refractivity contribution in [3.05, 3.63) is 274 Å². The standard InChI is InChI=1S/C80H76BN3/c1-75(2,3)51-34-38-55(39-35-51)82(56-40-36-52(37-41-56)76(4,5)6)58-48-62-61-44-43-60-59-28-19-20-29-63(59)79(11,12)71(60)73(61)84(57-42-45-64-67(49-57)78(9,10)47-46-77(64,7)8)81-68-32-23-31-66-74(68)83(70(50-58)72(62)81)69-33-22-21-30-65(69)80(66,53-24-15-13-16-25-53)54-26-17-14-18-27-54/h13-45,48-50H,46-47H2,1-12H3. The molecular formula is C80H76BN3. The molecule has 10 aromatic rings. The summed E-state index contributed by atoms with van der Waals surface area (Å²) in [5.41, 5.74) is 29.9. The van der Waals surface area contributed by atoms with Gasteiger partial charge in [0.2, 0.25) is 0 Å². The van der Waals surface area contributed by atoms with Gasteiger partial charge in [0.1, 0.15) is 0 Å². The van der Waals surface area contributed by atoms with Crippen molar-refractivity contribution in [2.45, 2.75) is 128 Å². The molecule has 0 saturated heterocycles. The first kappa shape index (κ1) is 52.5. The fourth-order valence-corrected chi connectivity index (χ4v) is 16.0. The van der Waals surface area contributed by atoms with E-state index in [9.17, 15) is 0 Å². The second-order valence-electron chi connectivity index (χ2n) is 28.8. The van der Waals surface area contributed by atoms with Gasteiger partial charge in [0.05, 0.1) is 11.1 Å². The summed E-state index contributed by atoms with van der Waals surface area (Å²) in [6, 6.07) is 85.1. The highest BCUT2D eigenvalue weighted by Gasteiger charge is 2.55. The predicted molar refractivity (Wildman–Crippen MR) is 357 cm³/mol. The Bertz CT molecular complexity index is 4210. The third-order valence-electron chi connectivity index (χ3n) is 20.4. The Balaban J connectivity index is 1.11. The summed E-state index contributed by atoms with van der Waals surface area (Å²) in [7, 11) is 0. The van der Waals surface area contributed by atoms with Crippen molar-refractivity contribution in [3.8, 4) is 22.3 Å². The molecule has 0 saturated carbocycles. The van der Waals surface area contributed by atoms with Crippen molar-refractivity contribution in [1.82, 2.24) is 0 Å². The van der Waals surface area contributed by atoms with Crippen LogP contribution >= 0.6 is 0 Å². The molecule has 2 aliphatic carbocycles. The van der Waals surface area contributed by atoms with E-state index in [0.29, 0.717) is 0 Å². The van der Waals surface area contributed by atoms with Crippen molar-refractivity contribution < 1.29 is 0 Å². The molecule has 0 aromatic heterocycles. The molecule has 0 unspecified atom stereocenters. The van der Waals surface area contributed by atoms with E-state index >= 15 is 0 Å². The Morgan fingerprint density at radius 3 is 1.57 bits per heavy atom. The lowest BCUT2D eigenvalue weighted by Crippen LogP contribution is -2.63. The molecule has 0 fully saturated rings. The van der Waals surface area contributed by atoms with E-state index < -0.39 is 5.41 Å². The molecule has 0 N–H and O–H groups in total. The van der Waals surface area contributed by atoms with E-state index in [4.69, 9.17) is 0 Å². The fourth-order valence-electron chi connectivity index (χ4n) is 16.0. The first-order chi connectivity index (χ1) is 40.2. The molecule has 84 heavy (non-hydrogen) atoms. The van der Waals surface area contributed by atoms with Crippen LogP contribution in [0.3, 0.4) is 0 Å². The largest absolute Gasteiger partial charge is 0.376 e. The zero-order valence-electron chi connectivity index (χ0n) is 51.1. The average Bonchev–Trinajstić information content (AvgIpc) is 0.892. The summed E-state index contributed by atoms with van der Waals surface area (Å²) in [5.74, 6) is 0. The second-order valence-corrected chi connectivity index (χ2v) is 28.8. The van der Waals surface area contributed by atoms with Crippen LogP contribution < -0.4 is 25.5 Å². The minimum Gasteiger partial charge on any atom is -0.376 e. The monoisotopic (exact) mass is 1090 g/mol. The first-order valence-electron chi connectivity index (χ1n) is 30.7. The summed E-state index contributed by atoms with van der Waals surface area (Å²) in [5, 5.41) is 0. The Morgan fingerprint density at radius 2 is 0.952 bits per heavy atom. The van der Waals surface area contributed by atoms with Gasteiger partial charge in [0.15, 0.2) is 0 Å². The number of para-hydroxylation sites is 2. The number of rotatable bonds is 6. The van der Waals surface area contributed by atoms with Crippen LogP contribution in [0.4, 0.5) is 45.5 Å². The maximum absolute atomic E-state index is 2.85. The zero-order valence-corrected chi connectivity index (χ0v) is 51.1. The van der Waals surface area contributed by atoms with Crippen LogP contribution in [0.2, 0.25) is 0 Å². The molecule has 0 radical (unpaired) electrons. The topological polar surface area (TPSA) is 9.72 Å². The number of anilines is 8. The Hall–Kier alpha value is -8.34. The van der Waals surface area contributed by atoms with Crippen LogP contribution in [0.15, 0.2) is 218 Å². The fraction of sp³-hybridized carbons (Fsp3) is 0.250. The highest BCUT2D eigenvalue weighted by Crippen LogP contribution is 2.63. The van der Waals surface area contributed by atoms with E-state index in [0.717, 1.165) is 29.9 Å². The van der Waals surface area contributed by atoms with Gasteiger partial charge in [-0.15, -0.1) is 0 Å². The van der Waals surface area contributed by atoms with Crippen LogP contribution in [-0.2, 0) is 32.5 Å². The summed E-state index contributed by atoms with van der Waals surface area (Å²) < 4.78 is 0. The van der Waals surface area contributed by atoms with Crippen molar-refractivity contribution in [2.75, 3.05) is 14.6 Å². The highest BCUT2D eigenvalue weighted by atomic mass is 15.2. The molecule has 3 aliphatic heterocycles. The van der Waals surface area contributed by atoms with E-state index in [1.807, 2.05) is 0 Å². The lowest BCUT2D eigenvalue weighted by Gasteiger charge is -2.53. The first-order valence-corrected chi connectivity index (χ1v) is 30.7. The quantitative estimate of drug-likeness (QED) is 0.154. The molecule has 10 aromatic carbocycles. The Morgan fingerprint density at radius 1 is 0.405 bits per heavy atom. The highest BCUT2D eigenvalue weighted by molar-refractivity contribution is 6.93. The summed E-state index contributed by atoms with van der Waals surface area (Å²) in [4.78, 5) is 8.08. The third kappa shape index (κ3) is 7.44. The van der Waals surface area contributed by atoms with Crippen molar-refractivity contribution in [3.63, 3.8) is 0 Å². The Labute approximate surface area is 499 Å². The van der Waals surface area contributed by atoms with Gasteiger partial charge in [0, 0.05) is 50.8 Å². The van der Waals surface area contributed by atoms with Crippen LogP contribution in [0.1, 0.15) is 152 Å². The predicted octanol–water partition coefficient (Wildman–Crippen LogP) is 19.8. The van der Waals surface area contributed by atoms with Gasteiger partial charge in [-0.25, -0.2) is 0 Å². The molecule has 0 atom stereocenters. The van der Waals surface area contributed by atoms with Gasteiger partial charge >= 0.3 is 6.85 Å². The number of nitrogens with zero attached hydrogens (tertiary/aromatic N) is 3. The van der Waals surface area contributed by atoms with Gasteiger partial charge in [-0.05, 0) is 172 Å². The summed E-state index contributed by atoms with van der Waals surface area (Å²) >= 11 is 0. The molecule has 4 heteroatoms. The molecule has 0 spiro atoms. The van der Waals surface area contributed by atoms with E-state index in [1.54, 1.807) is 0 Å². The number of hydrogen-bond acceptors (Lipinski definition) is 3. The molecule has 3 nitrogen and oxygen atoms in total. The van der Waals surface area contributed by atoms with Gasteiger partial charge in [-0.2, -0.15) is 0 Å². The second kappa shape index (κ2) is 18.1. The maximum Gasteiger partial charge on any atom is 0.333 e. The van der Waals surface area contributed by atoms with Crippen molar-refractivity contribution >= 4 is 63.3 Å². The van der Waals surface area contributed by atoms with Gasteiger partial charge in [0.25, 0.3) is 0 Å².